The Morgan fingerprint density at radius 1 is 1.36 bits per heavy atom. The average Bonchev–Trinajstić information content (AvgIpc) is 2.65. The van der Waals surface area contributed by atoms with E-state index < -0.39 is 0 Å². The van der Waals surface area contributed by atoms with Gasteiger partial charge in [-0.2, -0.15) is 0 Å². The van der Waals surface area contributed by atoms with Crippen LogP contribution in [0.3, 0.4) is 0 Å². The van der Waals surface area contributed by atoms with Crippen LogP contribution in [0.2, 0.25) is 0 Å². The molecule has 82 valence electrons. The van der Waals surface area contributed by atoms with Crippen LogP contribution in [0.1, 0.15) is 52.9 Å². The summed E-state index contributed by atoms with van der Waals surface area (Å²) in [5.41, 5.74) is 0. The highest BCUT2D eigenvalue weighted by molar-refractivity contribution is 5.84. The highest BCUT2D eigenvalue weighted by atomic mass is 16.1. The second-order valence-corrected chi connectivity index (χ2v) is 4.66. The Bertz CT molecular complexity index is 183. The van der Waals surface area contributed by atoms with E-state index in [-0.39, 0.29) is 6.04 Å². The summed E-state index contributed by atoms with van der Waals surface area (Å²) in [6.07, 6.45) is 5.74. The molecule has 1 atom stereocenters. The first-order chi connectivity index (χ1) is 6.65. The summed E-state index contributed by atoms with van der Waals surface area (Å²) in [5.74, 6) is 0.996. The fraction of sp³-hybridized carbons (Fsp3) is 0.917. The number of carbonyl (C=O) groups is 1. The minimum atomic E-state index is 0.127. The Labute approximate surface area is 87.5 Å². The maximum absolute atomic E-state index is 11.8. The summed E-state index contributed by atoms with van der Waals surface area (Å²) in [6.45, 7) is 6.20. The summed E-state index contributed by atoms with van der Waals surface area (Å²) in [4.78, 5) is 11.8. The number of ketones is 1. The highest BCUT2D eigenvalue weighted by Crippen LogP contribution is 2.28. The lowest BCUT2D eigenvalue weighted by atomic mass is 9.93. The zero-order valence-corrected chi connectivity index (χ0v) is 9.68. The average molecular weight is 197 g/mol. The van der Waals surface area contributed by atoms with E-state index in [4.69, 9.17) is 0 Å². The molecule has 1 aliphatic carbocycles. The molecule has 1 saturated carbocycles. The number of rotatable bonds is 5. The molecule has 1 fully saturated rings. The van der Waals surface area contributed by atoms with Crippen LogP contribution in [-0.2, 0) is 4.79 Å². The first-order valence-electron chi connectivity index (χ1n) is 5.94. The van der Waals surface area contributed by atoms with Gasteiger partial charge in [0.25, 0.3) is 0 Å². The van der Waals surface area contributed by atoms with Gasteiger partial charge < -0.3 is 5.32 Å². The molecule has 0 unspecified atom stereocenters. The normalized spacial score (nSPS) is 20.3. The molecule has 14 heavy (non-hydrogen) atoms. The van der Waals surface area contributed by atoms with Crippen LogP contribution in [0.5, 0.6) is 0 Å². The van der Waals surface area contributed by atoms with Gasteiger partial charge in [0.2, 0.25) is 0 Å². The molecule has 0 heterocycles. The quantitative estimate of drug-likeness (QED) is 0.733. The van der Waals surface area contributed by atoms with Gasteiger partial charge in [0.15, 0.2) is 0 Å². The van der Waals surface area contributed by atoms with E-state index in [9.17, 15) is 4.79 Å². The Kier molecular flexibility index (Phi) is 4.59. The van der Waals surface area contributed by atoms with E-state index in [2.05, 4.69) is 19.2 Å². The van der Waals surface area contributed by atoms with E-state index in [1.807, 2.05) is 6.92 Å². The van der Waals surface area contributed by atoms with Crippen molar-refractivity contribution in [2.24, 2.45) is 5.92 Å². The largest absolute Gasteiger partial charge is 0.305 e. The summed E-state index contributed by atoms with van der Waals surface area (Å²) in [5, 5.41) is 3.42. The molecule has 2 nitrogen and oxygen atoms in total. The fourth-order valence-electron chi connectivity index (χ4n) is 2.36. The van der Waals surface area contributed by atoms with Crippen molar-refractivity contribution in [2.45, 2.75) is 65.0 Å². The molecule has 0 spiro atoms. The van der Waals surface area contributed by atoms with E-state index in [1.165, 1.54) is 25.7 Å². The minimum absolute atomic E-state index is 0.127. The maximum Gasteiger partial charge on any atom is 0.149 e. The third-order valence-corrected chi connectivity index (χ3v) is 3.08. The molecule has 0 bridgehead atoms. The van der Waals surface area contributed by atoms with E-state index in [1.54, 1.807) is 0 Å². The number of carbonyl (C=O) groups excluding carboxylic acids is 1. The molecule has 0 aliphatic heterocycles. The minimum Gasteiger partial charge on any atom is -0.305 e. The standard InChI is InChI=1S/C12H23NO/c1-4-11(14)12(13-9(2)3)10-7-5-6-8-10/h9-10,12-13H,4-8H2,1-3H3/t12-/m0/s1. The molecule has 0 saturated heterocycles. The van der Waals surface area contributed by atoms with E-state index in [0.717, 1.165) is 0 Å². The van der Waals surface area contributed by atoms with Crippen molar-refractivity contribution in [3.63, 3.8) is 0 Å². The molecule has 1 rings (SSSR count). The number of hydrogen-bond donors (Lipinski definition) is 1. The van der Waals surface area contributed by atoms with Crippen molar-refractivity contribution < 1.29 is 4.79 Å². The lowest BCUT2D eigenvalue weighted by Crippen LogP contribution is -2.45. The van der Waals surface area contributed by atoms with Gasteiger partial charge in [0, 0.05) is 12.5 Å². The molecule has 0 aromatic heterocycles. The lowest BCUT2D eigenvalue weighted by Gasteiger charge is -2.25. The SMILES string of the molecule is CCC(=O)[C@@H](NC(C)C)C1CCCC1. The van der Waals surface area contributed by atoms with Crippen LogP contribution in [0.15, 0.2) is 0 Å². The maximum atomic E-state index is 11.8. The highest BCUT2D eigenvalue weighted by Gasteiger charge is 2.29. The summed E-state index contributed by atoms with van der Waals surface area (Å²) in [6, 6.07) is 0.540. The fourth-order valence-corrected chi connectivity index (χ4v) is 2.36. The molecule has 1 N–H and O–H groups in total. The van der Waals surface area contributed by atoms with Crippen LogP contribution >= 0.6 is 0 Å². The lowest BCUT2D eigenvalue weighted by molar-refractivity contribution is -0.122. The van der Waals surface area contributed by atoms with Gasteiger partial charge in [-0.05, 0) is 18.8 Å². The molecule has 0 aromatic carbocycles. The number of Topliss-reactive ketones (excluding diaryl/α,β-unsaturated/α-hetero) is 1. The van der Waals surface area contributed by atoms with Crippen LogP contribution in [0.25, 0.3) is 0 Å². The van der Waals surface area contributed by atoms with Crippen molar-refractivity contribution in [1.82, 2.24) is 5.32 Å². The van der Waals surface area contributed by atoms with Gasteiger partial charge in [-0.3, -0.25) is 4.79 Å². The number of hydrogen-bond acceptors (Lipinski definition) is 2. The summed E-state index contributed by atoms with van der Waals surface area (Å²) in [7, 11) is 0. The second-order valence-electron chi connectivity index (χ2n) is 4.66. The molecular formula is C12H23NO. The van der Waals surface area contributed by atoms with Gasteiger partial charge in [0.1, 0.15) is 5.78 Å². The second kappa shape index (κ2) is 5.50. The van der Waals surface area contributed by atoms with Crippen molar-refractivity contribution in [1.29, 1.82) is 0 Å². The first kappa shape index (κ1) is 11.7. The Morgan fingerprint density at radius 3 is 2.36 bits per heavy atom. The molecule has 1 aliphatic rings. The van der Waals surface area contributed by atoms with Crippen molar-refractivity contribution in [3.05, 3.63) is 0 Å². The smallest absolute Gasteiger partial charge is 0.149 e. The Morgan fingerprint density at radius 2 is 1.93 bits per heavy atom. The third kappa shape index (κ3) is 3.09. The molecular weight excluding hydrogens is 174 g/mol. The van der Waals surface area contributed by atoms with Crippen LogP contribution in [-0.4, -0.2) is 17.9 Å². The first-order valence-corrected chi connectivity index (χ1v) is 5.94. The predicted molar refractivity (Wildman–Crippen MR) is 59.3 cm³/mol. The molecule has 2 heteroatoms. The summed E-state index contributed by atoms with van der Waals surface area (Å²) < 4.78 is 0. The van der Waals surface area contributed by atoms with Crippen molar-refractivity contribution in [2.75, 3.05) is 0 Å². The van der Waals surface area contributed by atoms with Gasteiger partial charge in [0.05, 0.1) is 6.04 Å². The Hall–Kier alpha value is -0.370. The molecule has 0 amide bonds. The van der Waals surface area contributed by atoms with Crippen LogP contribution < -0.4 is 5.32 Å². The van der Waals surface area contributed by atoms with Gasteiger partial charge in [-0.25, -0.2) is 0 Å². The molecule has 0 radical (unpaired) electrons. The van der Waals surface area contributed by atoms with Crippen LogP contribution in [0, 0.1) is 5.92 Å². The van der Waals surface area contributed by atoms with Gasteiger partial charge >= 0.3 is 0 Å². The zero-order valence-electron chi connectivity index (χ0n) is 9.68. The monoisotopic (exact) mass is 197 g/mol. The summed E-state index contributed by atoms with van der Waals surface area (Å²) >= 11 is 0. The Balaban J connectivity index is 2.55. The predicted octanol–water partition coefficient (Wildman–Crippen LogP) is 2.52. The topological polar surface area (TPSA) is 29.1 Å². The van der Waals surface area contributed by atoms with Gasteiger partial charge in [-0.15, -0.1) is 0 Å². The third-order valence-electron chi connectivity index (χ3n) is 3.08. The molecule has 0 aromatic rings. The van der Waals surface area contributed by atoms with Gasteiger partial charge in [-0.1, -0.05) is 33.6 Å². The zero-order chi connectivity index (χ0) is 10.6. The number of nitrogens with one attached hydrogen (secondary N) is 1. The van der Waals surface area contributed by atoms with E-state index in [0.29, 0.717) is 24.2 Å². The van der Waals surface area contributed by atoms with Crippen LogP contribution in [0.4, 0.5) is 0 Å². The van der Waals surface area contributed by atoms with Crippen molar-refractivity contribution >= 4 is 5.78 Å². The van der Waals surface area contributed by atoms with Crippen molar-refractivity contribution in [3.8, 4) is 0 Å². The van der Waals surface area contributed by atoms with E-state index >= 15 is 0 Å².